The Hall–Kier alpha value is -0.530. The molecule has 13 heavy (non-hydrogen) atoms. The van der Waals surface area contributed by atoms with Crippen LogP contribution in [0.3, 0.4) is 0 Å². The normalized spacial score (nSPS) is 25.9. The lowest BCUT2D eigenvalue weighted by Gasteiger charge is -2.28. The van der Waals surface area contributed by atoms with E-state index in [0.29, 0.717) is 0 Å². The van der Waals surface area contributed by atoms with E-state index in [2.05, 4.69) is 5.32 Å². The quantitative estimate of drug-likeness (QED) is 0.694. The van der Waals surface area contributed by atoms with Crippen LogP contribution in [0.4, 0.5) is 0 Å². The zero-order valence-electron chi connectivity index (χ0n) is 8.44. The van der Waals surface area contributed by atoms with Crippen molar-refractivity contribution in [2.45, 2.75) is 45.4 Å². The van der Waals surface area contributed by atoms with Crippen molar-refractivity contribution in [2.75, 3.05) is 6.54 Å². The number of rotatable bonds is 2. The van der Waals surface area contributed by atoms with Crippen molar-refractivity contribution in [1.82, 2.24) is 5.32 Å². The standard InChI is InChI=1S/C11H19NO/c1-9(13)12-8-10-2-4-11(5-3-10)6-7-11/h10H,2-8H2,1H3,(H,12,13). The fourth-order valence-corrected chi connectivity index (χ4v) is 2.46. The van der Waals surface area contributed by atoms with Crippen molar-refractivity contribution >= 4 is 5.91 Å². The van der Waals surface area contributed by atoms with Crippen LogP contribution < -0.4 is 5.32 Å². The van der Waals surface area contributed by atoms with Gasteiger partial charge in [-0.05, 0) is 49.9 Å². The number of carbonyl (C=O) groups excluding carboxylic acids is 1. The molecule has 0 aromatic rings. The molecule has 2 aliphatic carbocycles. The number of hydrogen-bond acceptors (Lipinski definition) is 1. The fourth-order valence-electron chi connectivity index (χ4n) is 2.46. The summed E-state index contributed by atoms with van der Waals surface area (Å²) in [6.45, 7) is 2.51. The van der Waals surface area contributed by atoms with Gasteiger partial charge in [0, 0.05) is 13.5 Å². The summed E-state index contributed by atoms with van der Waals surface area (Å²) in [7, 11) is 0. The highest BCUT2D eigenvalue weighted by Gasteiger charge is 2.44. The third-order valence-corrected chi connectivity index (χ3v) is 3.76. The van der Waals surface area contributed by atoms with Gasteiger partial charge < -0.3 is 5.32 Å². The third kappa shape index (κ3) is 2.23. The van der Waals surface area contributed by atoms with Crippen LogP contribution in [0.5, 0.6) is 0 Å². The molecule has 0 unspecified atom stereocenters. The molecule has 0 atom stereocenters. The molecule has 0 bridgehead atoms. The van der Waals surface area contributed by atoms with Gasteiger partial charge in [0.15, 0.2) is 0 Å². The lowest BCUT2D eigenvalue weighted by molar-refractivity contribution is -0.119. The van der Waals surface area contributed by atoms with Crippen LogP contribution in [0.1, 0.15) is 45.4 Å². The van der Waals surface area contributed by atoms with Crippen LogP contribution in [-0.4, -0.2) is 12.5 Å². The molecule has 0 heterocycles. The Bertz CT molecular complexity index is 198. The SMILES string of the molecule is CC(=O)NCC1CCC2(CC1)CC2. The Morgan fingerprint density at radius 3 is 2.38 bits per heavy atom. The lowest BCUT2D eigenvalue weighted by atomic mass is 9.80. The van der Waals surface area contributed by atoms with E-state index in [1.54, 1.807) is 6.92 Å². The van der Waals surface area contributed by atoms with Crippen LogP contribution in [-0.2, 0) is 4.79 Å². The van der Waals surface area contributed by atoms with E-state index in [1.165, 1.54) is 38.5 Å². The second-order valence-corrected chi connectivity index (χ2v) is 4.88. The Kier molecular flexibility index (Phi) is 2.31. The molecule has 0 radical (unpaired) electrons. The number of amides is 1. The highest BCUT2D eigenvalue weighted by molar-refractivity contribution is 5.72. The molecule has 0 aromatic heterocycles. The second-order valence-electron chi connectivity index (χ2n) is 4.88. The highest BCUT2D eigenvalue weighted by atomic mass is 16.1. The van der Waals surface area contributed by atoms with Crippen molar-refractivity contribution in [2.24, 2.45) is 11.3 Å². The van der Waals surface area contributed by atoms with Gasteiger partial charge >= 0.3 is 0 Å². The summed E-state index contributed by atoms with van der Waals surface area (Å²) in [5.41, 5.74) is 0.784. The molecule has 74 valence electrons. The van der Waals surface area contributed by atoms with Crippen molar-refractivity contribution in [3.8, 4) is 0 Å². The van der Waals surface area contributed by atoms with Gasteiger partial charge in [0.25, 0.3) is 0 Å². The van der Waals surface area contributed by atoms with Gasteiger partial charge in [-0.15, -0.1) is 0 Å². The summed E-state index contributed by atoms with van der Waals surface area (Å²) in [5, 5.41) is 2.92. The van der Waals surface area contributed by atoms with Crippen molar-refractivity contribution in [3.63, 3.8) is 0 Å². The van der Waals surface area contributed by atoms with Crippen molar-refractivity contribution in [3.05, 3.63) is 0 Å². The van der Waals surface area contributed by atoms with Gasteiger partial charge in [0.2, 0.25) is 5.91 Å². The molecular weight excluding hydrogens is 162 g/mol. The Labute approximate surface area is 80.1 Å². The molecule has 2 rings (SSSR count). The van der Waals surface area contributed by atoms with E-state index in [0.717, 1.165) is 17.9 Å². The van der Waals surface area contributed by atoms with Crippen LogP contribution >= 0.6 is 0 Å². The molecule has 2 saturated carbocycles. The molecule has 1 spiro atoms. The minimum atomic E-state index is 0.117. The predicted octanol–water partition coefficient (Wildman–Crippen LogP) is 2.09. The highest BCUT2D eigenvalue weighted by Crippen LogP contribution is 2.56. The second kappa shape index (κ2) is 3.32. The summed E-state index contributed by atoms with van der Waals surface area (Å²) in [6, 6.07) is 0. The van der Waals surface area contributed by atoms with E-state index in [9.17, 15) is 4.79 Å². The molecule has 2 fully saturated rings. The molecule has 2 heteroatoms. The van der Waals surface area contributed by atoms with Crippen LogP contribution in [0, 0.1) is 11.3 Å². The summed E-state index contributed by atoms with van der Waals surface area (Å²) in [5.74, 6) is 0.877. The maximum absolute atomic E-state index is 10.7. The monoisotopic (exact) mass is 181 g/mol. The minimum Gasteiger partial charge on any atom is -0.356 e. The molecule has 0 aliphatic heterocycles. The smallest absolute Gasteiger partial charge is 0.216 e. The average molecular weight is 181 g/mol. The van der Waals surface area contributed by atoms with Gasteiger partial charge in [0.1, 0.15) is 0 Å². The fraction of sp³-hybridized carbons (Fsp3) is 0.909. The lowest BCUT2D eigenvalue weighted by Crippen LogP contribution is -2.29. The maximum atomic E-state index is 10.7. The van der Waals surface area contributed by atoms with Crippen LogP contribution in [0.25, 0.3) is 0 Å². The number of carbonyl (C=O) groups is 1. The molecule has 0 aromatic carbocycles. The van der Waals surface area contributed by atoms with E-state index in [1.807, 2.05) is 0 Å². The van der Waals surface area contributed by atoms with E-state index >= 15 is 0 Å². The van der Waals surface area contributed by atoms with Crippen LogP contribution in [0.15, 0.2) is 0 Å². The topological polar surface area (TPSA) is 29.1 Å². The first-order valence-corrected chi connectivity index (χ1v) is 5.45. The van der Waals surface area contributed by atoms with Gasteiger partial charge in [-0.1, -0.05) is 0 Å². The number of nitrogens with one attached hydrogen (secondary N) is 1. The summed E-state index contributed by atoms with van der Waals surface area (Å²) >= 11 is 0. The minimum absolute atomic E-state index is 0.117. The van der Waals surface area contributed by atoms with E-state index in [-0.39, 0.29) is 5.91 Å². The van der Waals surface area contributed by atoms with Gasteiger partial charge in [-0.25, -0.2) is 0 Å². The van der Waals surface area contributed by atoms with E-state index in [4.69, 9.17) is 0 Å². The molecule has 2 aliphatic rings. The van der Waals surface area contributed by atoms with Gasteiger partial charge in [-0.3, -0.25) is 4.79 Å². The van der Waals surface area contributed by atoms with E-state index < -0.39 is 0 Å². The predicted molar refractivity (Wildman–Crippen MR) is 52.3 cm³/mol. The Morgan fingerprint density at radius 1 is 1.31 bits per heavy atom. The third-order valence-electron chi connectivity index (χ3n) is 3.76. The van der Waals surface area contributed by atoms with Gasteiger partial charge in [0.05, 0.1) is 0 Å². The molecule has 1 amide bonds. The van der Waals surface area contributed by atoms with Crippen LogP contribution in [0.2, 0.25) is 0 Å². The average Bonchev–Trinajstić information content (AvgIpc) is 2.85. The largest absolute Gasteiger partial charge is 0.356 e. The van der Waals surface area contributed by atoms with Crippen molar-refractivity contribution < 1.29 is 4.79 Å². The molecule has 0 saturated heterocycles. The molecular formula is C11H19NO. The summed E-state index contributed by atoms with van der Waals surface area (Å²) in [4.78, 5) is 10.7. The van der Waals surface area contributed by atoms with Gasteiger partial charge in [-0.2, -0.15) is 0 Å². The zero-order chi connectivity index (χ0) is 9.31. The summed E-state index contributed by atoms with van der Waals surface area (Å²) in [6.07, 6.45) is 8.44. The first-order valence-electron chi connectivity index (χ1n) is 5.45. The van der Waals surface area contributed by atoms with Crippen molar-refractivity contribution in [1.29, 1.82) is 0 Å². The Balaban J connectivity index is 1.69. The molecule has 2 nitrogen and oxygen atoms in total. The maximum Gasteiger partial charge on any atom is 0.216 e. The first-order chi connectivity index (χ1) is 6.20. The Morgan fingerprint density at radius 2 is 1.92 bits per heavy atom. The molecule has 1 N–H and O–H groups in total. The number of hydrogen-bond donors (Lipinski definition) is 1. The zero-order valence-corrected chi connectivity index (χ0v) is 8.44. The summed E-state index contributed by atoms with van der Waals surface area (Å²) < 4.78 is 0. The first kappa shape index (κ1) is 9.04.